The van der Waals surface area contributed by atoms with E-state index in [1.807, 2.05) is 41.8 Å². The lowest BCUT2D eigenvalue weighted by Crippen LogP contribution is -2.45. The number of aromatic nitrogens is 4. The number of likely N-dealkylation sites (tertiary alicyclic amines) is 1. The Bertz CT molecular complexity index is 1040. The van der Waals surface area contributed by atoms with Crippen LogP contribution in [0.25, 0.3) is 5.65 Å². The first kappa shape index (κ1) is 17.0. The number of amides is 1. The summed E-state index contributed by atoms with van der Waals surface area (Å²) >= 11 is 0. The Kier molecular flexibility index (Phi) is 4.42. The summed E-state index contributed by atoms with van der Waals surface area (Å²) < 4.78 is 7.70. The zero-order valence-electron chi connectivity index (χ0n) is 14.9. The summed E-state index contributed by atoms with van der Waals surface area (Å²) in [5.74, 6) is 0.143. The van der Waals surface area contributed by atoms with Crippen LogP contribution in [0.1, 0.15) is 34.7 Å². The fraction of sp³-hybridized carbons (Fsp3) is 0.316. The number of piperidine rings is 1. The van der Waals surface area contributed by atoms with Crippen LogP contribution >= 0.6 is 0 Å². The Hall–Kier alpha value is -3.47. The van der Waals surface area contributed by atoms with Crippen molar-refractivity contribution in [2.45, 2.75) is 25.9 Å². The van der Waals surface area contributed by atoms with Crippen LogP contribution in [0.5, 0.6) is 5.88 Å². The molecule has 8 nitrogen and oxygen atoms in total. The molecule has 0 aliphatic carbocycles. The normalized spacial score (nSPS) is 16.9. The van der Waals surface area contributed by atoms with Crippen LogP contribution in [-0.4, -0.2) is 49.4 Å². The molecule has 1 amide bonds. The quantitative estimate of drug-likeness (QED) is 0.707. The molecule has 3 aromatic rings. The molecular weight excluding hydrogens is 344 g/mol. The van der Waals surface area contributed by atoms with E-state index in [0.717, 1.165) is 18.5 Å². The van der Waals surface area contributed by atoms with Crippen molar-refractivity contribution in [1.29, 1.82) is 5.26 Å². The van der Waals surface area contributed by atoms with Crippen LogP contribution in [0.15, 0.2) is 36.8 Å². The van der Waals surface area contributed by atoms with Gasteiger partial charge in [0, 0.05) is 25.1 Å². The third-order valence-electron chi connectivity index (χ3n) is 4.62. The van der Waals surface area contributed by atoms with Crippen LogP contribution in [0, 0.1) is 18.3 Å². The van der Waals surface area contributed by atoms with E-state index in [-0.39, 0.29) is 23.6 Å². The van der Waals surface area contributed by atoms with Gasteiger partial charge in [-0.05, 0) is 31.9 Å². The van der Waals surface area contributed by atoms with Gasteiger partial charge < -0.3 is 9.64 Å². The van der Waals surface area contributed by atoms with E-state index >= 15 is 0 Å². The summed E-state index contributed by atoms with van der Waals surface area (Å²) in [5, 5.41) is 9.14. The molecule has 1 fully saturated rings. The number of ether oxygens (including phenoxy) is 1. The van der Waals surface area contributed by atoms with Crippen molar-refractivity contribution in [3.63, 3.8) is 0 Å². The summed E-state index contributed by atoms with van der Waals surface area (Å²) in [6.45, 7) is 2.93. The number of nitriles is 1. The van der Waals surface area contributed by atoms with Crippen molar-refractivity contribution in [3.8, 4) is 11.9 Å². The number of pyridine rings is 1. The SMILES string of the molecule is Cc1nc2ccccn2c1C(=O)N1CCC[C@@H](Oc2nccnc2C#N)C1. The average Bonchev–Trinajstić information content (AvgIpc) is 3.03. The number of fused-ring (bicyclic) bond motifs is 1. The minimum atomic E-state index is -0.231. The molecule has 0 aromatic carbocycles. The topological polar surface area (TPSA) is 96.4 Å². The summed E-state index contributed by atoms with van der Waals surface area (Å²) in [4.78, 5) is 27.4. The minimum Gasteiger partial charge on any atom is -0.470 e. The average molecular weight is 362 g/mol. The van der Waals surface area contributed by atoms with E-state index in [1.54, 1.807) is 4.90 Å². The van der Waals surface area contributed by atoms with Crippen molar-refractivity contribution < 1.29 is 9.53 Å². The number of carbonyl (C=O) groups excluding carboxylic acids is 1. The second kappa shape index (κ2) is 7.03. The maximum absolute atomic E-state index is 13.1. The summed E-state index contributed by atoms with van der Waals surface area (Å²) in [6.07, 6.45) is 6.16. The monoisotopic (exact) mass is 362 g/mol. The zero-order valence-corrected chi connectivity index (χ0v) is 14.9. The Morgan fingerprint density at radius 2 is 2.19 bits per heavy atom. The van der Waals surface area contributed by atoms with E-state index in [1.165, 1.54) is 12.4 Å². The van der Waals surface area contributed by atoms with Crippen molar-refractivity contribution in [1.82, 2.24) is 24.3 Å². The highest BCUT2D eigenvalue weighted by Crippen LogP contribution is 2.21. The molecule has 4 rings (SSSR count). The van der Waals surface area contributed by atoms with Crippen LogP contribution < -0.4 is 4.74 Å². The molecule has 0 spiro atoms. The fourth-order valence-corrected chi connectivity index (χ4v) is 3.39. The van der Waals surface area contributed by atoms with Gasteiger partial charge in [0.15, 0.2) is 0 Å². The minimum absolute atomic E-state index is 0.0702. The van der Waals surface area contributed by atoms with E-state index < -0.39 is 0 Å². The predicted octanol–water partition coefficient (Wildman–Crippen LogP) is 1.99. The van der Waals surface area contributed by atoms with Gasteiger partial charge in [-0.1, -0.05) is 6.07 Å². The first-order valence-corrected chi connectivity index (χ1v) is 8.78. The molecule has 0 radical (unpaired) electrons. The van der Waals surface area contributed by atoms with Crippen molar-refractivity contribution in [3.05, 3.63) is 53.9 Å². The highest BCUT2D eigenvalue weighted by molar-refractivity contribution is 5.94. The lowest BCUT2D eigenvalue weighted by atomic mass is 10.1. The van der Waals surface area contributed by atoms with Crippen molar-refractivity contribution >= 4 is 11.6 Å². The molecule has 136 valence electrons. The predicted molar refractivity (Wildman–Crippen MR) is 96.2 cm³/mol. The molecule has 3 aromatic heterocycles. The van der Waals surface area contributed by atoms with Gasteiger partial charge in [-0.15, -0.1) is 0 Å². The third-order valence-corrected chi connectivity index (χ3v) is 4.62. The number of hydrogen-bond donors (Lipinski definition) is 0. The molecule has 1 aliphatic heterocycles. The van der Waals surface area contributed by atoms with Crippen molar-refractivity contribution in [2.75, 3.05) is 13.1 Å². The Morgan fingerprint density at radius 3 is 3.04 bits per heavy atom. The summed E-state index contributed by atoms with van der Waals surface area (Å²) in [5.41, 5.74) is 2.18. The molecule has 8 heteroatoms. The fourth-order valence-electron chi connectivity index (χ4n) is 3.39. The number of nitrogens with zero attached hydrogens (tertiary/aromatic N) is 6. The second-order valence-electron chi connectivity index (χ2n) is 6.43. The highest BCUT2D eigenvalue weighted by Gasteiger charge is 2.29. The number of carbonyl (C=O) groups is 1. The van der Waals surface area contributed by atoms with Gasteiger partial charge in [0.05, 0.1) is 12.2 Å². The smallest absolute Gasteiger partial charge is 0.272 e. The van der Waals surface area contributed by atoms with Crippen LogP contribution in [0.2, 0.25) is 0 Å². The summed E-state index contributed by atoms with van der Waals surface area (Å²) in [6, 6.07) is 7.63. The van der Waals surface area contributed by atoms with Gasteiger partial charge in [-0.25, -0.2) is 15.0 Å². The Labute approximate surface area is 156 Å². The first-order chi connectivity index (χ1) is 13.2. The van der Waals surface area contributed by atoms with Gasteiger partial charge >= 0.3 is 0 Å². The van der Waals surface area contributed by atoms with E-state index in [9.17, 15) is 4.79 Å². The van der Waals surface area contributed by atoms with Gasteiger partial charge in [-0.2, -0.15) is 5.26 Å². The van der Waals surface area contributed by atoms with Crippen LogP contribution in [0.4, 0.5) is 0 Å². The van der Waals surface area contributed by atoms with Crippen LogP contribution in [0.3, 0.4) is 0 Å². The lowest BCUT2D eigenvalue weighted by Gasteiger charge is -2.32. The maximum atomic E-state index is 13.1. The van der Waals surface area contributed by atoms with Crippen LogP contribution in [-0.2, 0) is 0 Å². The van der Waals surface area contributed by atoms with E-state index in [2.05, 4.69) is 15.0 Å². The zero-order chi connectivity index (χ0) is 18.8. The third kappa shape index (κ3) is 3.19. The molecule has 1 saturated heterocycles. The number of hydrogen-bond acceptors (Lipinski definition) is 6. The molecule has 0 saturated carbocycles. The van der Waals surface area contributed by atoms with Gasteiger partial charge in [0.25, 0.3) is 11.8 Å². The lowest BCUT2D eigenvalue weighted by molar-refractivity contribution is 0.0519. The molecule has 1 atom stereocenters. The molecule has 27 heavy (non-hydrogen) atoms. The molecule has 0 bridgehead atoms. The Morgan fingerprint density at radius 1 is 1.33 bits per heavy atom. The van der Waals surface area contributed by atoms with Gasteiger partial charge in [0.1, 0.15) is 23.5 Å². The molecule has 1 aliphatic rings. The van der Waals surface area contributed by atoms with E-state index in [0.29, 0.717) is 24.5 Å². The standard InChI is InChI=1S/C19H18N6O2/c1-13-17(25-10-3-2-6-16(25)23-13)19(26)24-9-4-5-14(12-24)27-18-15(11-20)21-7-8-22-18/h2-3,6-8,10,14H,4-5,9,12H2,1H3/t14-/m1/s1. The highest BCUT2D eigenvalue weighted by atomic mass is 16.5. The van der Waals surface area contributed by atoms with Gasteiger partial charge in [0.2, 0.25) is 5.69 Å². The molecular formula is C19H18N6O2. The maximum Gasteiger partial charge on any atom is 0.272 e. The number of aryl methyl sites for hydroxylation is 1. The number of rotatable bonds is 3. The van der Waals surface area contributed by atoms with Gasteiger partial charge in [-0.3, -0.25) is 9.20 Å². The number of imidazole rings is 1. The Balaban J connectivity index is 1.55. The van der Waals surface area contributed by atoms with Crippen molar-refractivity contribution in [2.24, 2.45) is 0 Å². The second-order valence-corrected chi connectivity index (χ2v) is 6.43. The molecule has 0 unspecified atom stereocenters. The first-order valence-electron chi connectivity index (χ1n) is 8.78. The molecule has 0 N–H and O–H groups in total. The summed E-state index contributed by atoms with van der Waals surface area (Å²) in [7, 11) is 0. The molecule has 4 heterocycles. The largest absolute Gasteiger partial charge is 0.470 e. The van der Waals surface area contributed by atoms with E-state index in [4.69, 9.17) is 10.00 Å².